The second kappa shape index (κ2) is 6.55. The van der Waals surface area contributed by atoms with Crippen LogP contribution in [0.15, 0.2) is 22.7 Å². The Morgan fingerprint density at radius 3 is 2.56 bits per heavy atom. The van der Waals surface area contributed by atoms with E-state index in [0.717, 1.165) is 28.6 Å². The summed E-state index contributed by atoms with van der Waals surface area (Å²) in [6, 6.07) is 5.88. The van der Waals surface area contributed by atoms with Gasteiger partial charge in [-0.3, -0.25) is 0 Å². The molecule has 1 aromatic rings. The van der Waals surface area contributed by atoms with Gasteiger partial charge in [0.15, 0.2) is 0 Å². The molecule has 0 aromatic heterocycles. The van der Waals surface area contributed by atoms with Crippen LogP contribution in [0.2, 0.25) is 0 Å². The topological polar surface area (TPSA) is 44.5 Å². The lowest BCUT2D eigenvalue weighted by Gasteiger charge is -2.33. The molecule has 0 aliphatic rings. The number of hydrogen-bond acceptors (Lipinski definition) is 3. The van der Waals surface area contributed by atoms with Crippen LogP contribution in [-0.4, -0.2) is 25.9 Å². The van der Waals surface area contributed by atoms with Gasteiger partial charge in [-0.25, -0.2) is 0 Å². The molecule has 0 aliphatic carbocycles. The summed E-state index contributed by atoms with van der Waals surface area (Å²) in [5, 5.41) is 0. The summed E-state index contributed by atoms with van der Waals surface area (Å²) in [6.45, 7) is 4.13. The molecule has 0 saturated heterocycles. The van der Waals surface area contributed by atoms with Crippen molar-refractivity contribution in [1.82, 2.24) is 0 Å². The molecular formula is C14H22BrNO2. The van der Waals surface area contributed by atoms with Crippen LogP contribution in [0.1, 0.15) is 25.8 Å². The average Bonchev–Trinajstić information content (AvgIpc) is 2.38. The molecule has 2 N–H and O–H groups in total. The number of nitrogens with two attached hydrogens (primary N) is 1. The molecule has 2 atom stereocenters. The van der Waals surface area contributed by atoms with E-state index in [1.807, 2.05) is 25.1 Å². The highest BCUT2D eigenvalue weighted by atomic mass is 79.9. The first kappa shape index (κ1) is 15.5. The minimum Gasteiger partial charge on any atom is -0.496 e. The zero-order valence-corrected chi connectivity index (χ0v) is 13.1. The van der Waals surface area contributed by atoms with E-state index in [-0.39, 0.29) is 11.6 Å². The molecule has 18 heavy (non-hydrogen) atoms. The van der Waals surface area contributed by atoms with Crippen molar-refractivity contribution in [2.45, 2.75) is 38.3 Å². The summed E-state index contributed by atoms with van der Waals surface area (Å²) < 4.78 is 11.9. The van der Waals surface area contributed by atoms with E-state index in [4.69, 9.17) is 15.2 Å². The van der Waals surface area contributed by atoms with Crippen molar-refractivity contribution >= 4 is 15.9 Å². The van der Waals surface area contributed by atoms with E-state index in [0.29, 0.717) is 0 Å². The normalized spacial score (nSPS) is 16.1. The van der Waals surface area contributed by atoms with Crippen LogP contribution in [0.3, 0.4) is 0 Å². The van der Waals surface area contributed by atoms with E-state index in [9.17, 15) is 0 Å². The summed E-state index contributed by atoms with van der Waals surface area (Å²) in [4.78, 5) is 0. The lowest BCUT2D eigenvalue weighted by molar-refractivity contribution is -0.0185. The molecule has 0 saturated carbocycles. The molecule has 102 valence electrons. The summed E-state index contributed by atoms with van der Waals surface area (Å²) in [7, 11) is 3.38. The van der Waals surface area contributed by atoms with Crippen molar-refractivity contribution < 1.29 is 9.47 Å². The van der Waals surface area contributed by atoms with Crippen LogP contribution in [0, 0.1) is 0 Å². The molecule has 0 fully saturated rings. The molecule has 0 heterocycles. The van der Waals surface area contributed by atoms with Gasteiger partial charge in [-0.1, -0.05) is 22.9 Å². The minimum atomic E-state index is -0.312. The molecule has 3 nitrogen and oxygen atoms in total. The fourth-order valence-corrected chi connectivity index (χ4v) is 2.33. The maximum absolute atomic E-state index is 6.28. The Labute approximate surface area is 118 Å². The average molecular weight is 316 g/mol. The Kier molecular flexibility index (Phi) is 5.63. The molecular weight excluding hydrogens is 294 g/mol. The van der Waals surface area contributed by atoms with Crippen molar-refractivity contribution in [2.24, 2.45) is 5.73 Å². The predicted molar refractivity (Wildman–Crippen MR) is 78.1 cm³/mol. The maximum Gasteiger partial charge on any atom is 0.122 e. The zero-order valence-electron chi connectivity index (χ0n) is 11.5. The molecule has 0 radical (unpaired) electrons. The summed E-state index contributed by atoms with van der Waals surface area (Å²) in [6.07, 6.45) is 1.60. The molecule has 0 amide bonds. The smallest absolute Gasteiger partial charge is 0.122 e. The van der Waals surface area contributed by atoms with Crippen molar-refractivity contribution in [3.63, 3.8) is 0 Å². The lowest BCUT2D eigenvalue weighted by atomic mass is 9.89. The predicted octanol–water partition coefficient (Wildman–Crippen LogP) is 3.14. The number of hydrogen-bond donors (Lipinski definition) is 1. The number of rotatable bonds is 6. The Bertz CT molecular complexity index is 391. The summed E-state index contributed by atoms with van der Waals surface area (Å²) in [5.74, 6) is 0.864. The van der Waals surface area contributed by atoms with Gasteiger partial charge in [-0.2, -0.15) is 0 Å². The monoisotopic (exact) mass is 315 g/mol. The molecule has 4 heteroatoms. The van der Waals surface area contributed by atoms with Crippen LogP contribution < -0.4 is 10.5 Å². The Morgan fingerprint density at radius 1 is 1.39 bits per heavy atom. The highest BCUT2D eigenvalue weighted by Gasteiger charge is 2.30. The SMILES string of the molecule is CCC(C)(OC)C(N)Cc1cc(Br)ccc1OC. The van der Waals surface area contributed by atoms with Crippen LogP contribution in [0.5, 0.6) is 5.75 Å². The van der Waals surface area contributed by atoms with Gasteiger partial charge in [0.2, 0.25) is 0 Å². The summed E-state index contributed by atoms with van der Waals surface area (Å²) >= 11 is 3.47. The number of benzene rings is 1. The van der Waals surface area contributed by atoms with Crippen molar-refractivity contribution in [1.29, 1.82) is 0 Å². The van der Waals surface area contributed by atoms with E-state index in [1.165, 1.54) is 0 Å². The van der Waals surface area contributed by atoms with Gasteiger partial charge in [0.25, 0.3) is 0 Å². The van der Waals surface area contributed by atoms with Crippen LogP contribution >= 0.6 is 15.9 Å². The first-order chi connectivity index (χ1) is 8.46. The fraction of sp³-hybridized carbons (Fsp3) is 0.571. The molecule has 0 aliphatic heterocycles. The van der Waals surface area contributed by atoms with E-state index in [2.05, 4.69) is 22.9 Å². The number of halogens is 1. The first-order valence-corrected chi connectivity index (χ1v) is 6.89. The number of methoxy groups -OCH3 is 2. The van der Waals surface area contributed by atoms with Crippen LogP contribution in [-0.2, 0) is 11.2 Å². The maximum atomic E-state index is 6.28. The van der Waals surface area contributed by atoms with Gasteiger partial charge in [-0.15, -0.1) is 0 Å². The second-order valence-electron chi connectivity index (χ2n) is 4.64. The largest absolute Gasteiger partial charge is 0.496 e. The quantitative estimate of drug-likeness (QED) is 0.877. The second-order valence-corrected chi connectivity index (χ2v) is 5.55. The van der Waals surface area contributed by atoms with Crippen molar-refractivity contribution in [3.8, 4) is 5.75 Å². The van der Waals surface area contributed by atoms with Gasteiger partial charge in [0.1, 0.15) is 5.75 Å². The van der Waals surface area contributed by atoms with E-state index >= 15 is 0 Å². The first-order valence-electron chi connectivity index (χ1n) is 6.10. The third-order valence-corrected chi connectivity index (χ3v) is 4.13. The molecule has 0 spiro atoms. The van der Waals surface area contributed by atoms with Crippen LogP contribution in [0.25, 0.3) is 0 Å². The minimum absolute atomic E-state index is 0.0734. The Balaban J connectivity index is 2.93. The number of ether oxygens (including phenoxy) is 2. The Morgan fingerprint density at radius 2 is 2.06 bits per heavy atom. The van der Waals surface area contributed by atoms with Gasteiger partial charge in [0.05, 0.1) is 12.7 Å². The highest BCUT2D eigenvalue weighted by Crippen LogP contribution is 2.27. The van der Waals surface area contributed by atoms with E-state index in [1.54, 1.807) is 14.2 Å². The Hall–Kier alpha value is -0.580. The van der Waals surface area contributed by atoms with Gasteiger partial charge >= 0.3 is 0 Å². The third-order valence-electron chi connectivity index (χ3n) is 3.63. The fourth-order valence-electron chi connectivity index (χ4n) is 1.92. The molecule has 2 unspecified atom stereocenters. The lowest BCUT2D eigenvalue weighted by Crippen LogP contribution is -2.48. The zero-order chi connectivity index (χ0) is 13.8. The van der Waals surface area contributed by atoms with Crippen LogP contribution in [0.4, 0.5) is 0 Å². The van der Waals surface area contributed by atoms with Gasteiger partial charge < -0.3 is 15.2 Å². The van der Waals surface area contributed by atoms with Crippen molar-refractivity contribution in [3.05, 3.63) is 28.2 Å². The van der Waals surface area contributed by atoms with Gasteiger partial charge in [0, 0.05) is 17.6 Å². The standard InChI is InChI=1S/C14H22BrNO2/c1-5-14(2,18-4)13(16)9-10-8-11(15)6-7-12(10)17-3/h6-8,13H,5,9,16H2,1-4H3. The highest BCUT2D eigenvalue weighted by molar-refractivity contribution is 9.10. The molecule has 1 rings (SSSR count). The van der Waals surface area contributed by atoms with Crippen molar-refractivity contribution in [2.75, 3.05) is 14.2 Å². The van der Waals surface area contributed by atoms with Gasteiger partial charge in [-0.05, 0) is 43.5 Å². The third kappa shape index (κ3) is 3.46. The summed E-state index contributed by atoms with van der Waals surface area (Å²) in [5.41, 5.74) is 7.06. The molecule has 0 bridgehead atoms. The van der Waals surface area contributed by atoms with E-state index < -0.39 is 0 Å². The molecule has 1 aromatic carbocycles.